The number of methoxy groups -OCH3 is 1. The number of benzene rings is 1. The molecule has 40 heavy (non-hydrogen) atoms. The molecule has 11 heteroatoms. The second-order valence-corrected chi connectivity index (χ2v) is 10.6. The lowest BCUT2D eigenvalue weighted by Crippen LogP contribution is -2.39. The zero-order valence-electron chi connectivity index (χ0n) is 22.4. The Kier molecular flexibility index (Phi) is 8.46. The van der Waals surface area contributed by atoms with Crippen LogP contribution < -0.4 is 15.5 Å². The van der Waals surface area contributed by atoms with E-state index < -0.39 is 18.0 Å². The molecule has 214 valence electrons. The smallest absolute Gasteiger partial charge is 0.433 e. The van der Waals surface area contributed by atoms with Gasteiger partial charge < -0.3 is 19.4 Å². The number of ether oxygens (including phenoxy) is 1. The summed E-state index contributed by atoms with van der Waals surface area (Å²) in [5, 5.41) is 6.18. The Morgan fingerprint density at radius 3 is 2.73 bits per heavy atom. The summed E-state index contributed by atoms with van der Waals surface area (Å²) in [7, 11) is 1.31. The van der Waals surface area contributed by atoms with Crippen LogP contribution in [-0.4, -0.2) is 42.3 Å². The quantitative estimate of drug-likeness (QED) is 0.317. The highest BCUT2D eigenvalue weighted by Gasteiger charge is 2.33. The lowest BCUT2D eigenvalue weighted by molar-refractivity contribution is -0.141. The van der Waals surface area contributed by atoms with Crippen LogP contribution in [0.1, 0.15) is 50.6 Å². The maximum absolute atomic E-state index is 12.9. The molecule has 0 radical (unpaired) electrons. The van der Waals surface area contributed by atoms with Gasteiger partial charge in [-0.25, -0.2) is 14.8 Å². The predicted molar refractivity (Wildman–Crippen MR) is 146 cm³/mol. The summed E-state index contributed by atoms with van der Waals surface area (Å²) < 4.78 is 49.5. The fraction of sp³-hybridized carbons (Fsp3) is 0.483. The Morgan fingerprint density at radius 2 is 1.95 bits per heavy atom. The van der Waals surface area contributed by atoms with Gasteiger partial charge in [-0.1, -0.05) is 25.0 Å². The van der Waals surface area contributed by atoms with Gasteiger partial charge in [-0.3, -0.25) is 5.32 Å². The first kappa shape index (κ1) is 27.8. The Morgan fingerprint density at radius 1 is 1.10 bits per heavy atom. The van der Waals surface area contributed by atoms with E-state index in [1.807, 2.05) is 12.1 Å². The molecule has 2 aromatic heterocycles. The van der Waals surface area contributed by atoms with Crippen molar-refractivity contribution in [1.29, 1.82) is 0 Å². The molecule has 1 aliphatic heterocycles. The van der Waals surface area contributed by atoms with Gasteiger partial charge in [0, 0.05) is 30.4 Å². The number of oxazole rings is 1. The van der Waals surface area contributed by atoms with Crippen LogP contribution in [0.2, 0.25) is 0 Å². The third kappa shape index (κ3) is 6.86. The van der Waals surface area contributed by atoms with Crippen molar-refractivity contribution in [2.24, 2.45) is 11.8 Å². The van der Waals surface area contributed by atoms with Gasteiger partial charge in [0.2, 0.25) is 0 Å². The molecule has 0 spiro atoms. The SMILES string of the molecule is COC(=O)Nc1cccc(-c2cnc(N[C@@H]3CCCC[C@H]3C[C@H]3CCCN(c4ccc(C(F)(F)F)nc4)C3)o2)c1. The zero-order chi connectivity index (χ0) is 28.1. The normalized spacial score (nSPS) is 21.6. The number of pyridine rings is 1. The highest BCUT2D eigenvalue weighted by atomic mass is 19.4. The van der Waals surface area contributed by atoms with E-state index in [-0.39, 0.29) is 6.04 Å². The van der Waals surface area contributed by atoms with Gasteiger partial charge in [0.1, 0.15) is 5.69 Å². The number of aromatic nitrogens is 2. The van der Waals surface area contributed by atoms with Crippen molar-refractivity contribution in [1.82, 2.24) is 9.97 Å². The number of hydrogen-bond acceptors (Lipinski definition) is 7. The molecule has 2 aliphatic rings. The van der Waals surface area contributed by atoms with Crippen molar-refractivity contribution in [3.63, 3.8) is 0 Å². The highest BCUT2D eigenvalue weighted by Crippen LogP contribution is 2.36. The number of rotatable bonds is 7. The molecule has 1 saturated heterocycles. The molecule has 0 unspecified atom stereocenters. The average Bonchev–Trinajstić information content (AvgIpc) is 3.42. The number of nitrogens with zero attached hydrogens (tertiary/aromatic N) is 3. The summed E-state index contributed by atoms with van der Waals surface area (Å²) in [5.41, 5.74) is 1.27. The number of anilines is 3. The highest BCUT2D eigenvalue weighted by molar-refractivity contribution is 5.85. The number of alkyl halides is 3. The molecule has 0 bridgehead atoms. The Hall–Kier alpha value is -3.76. The van der Waals surface area contributed by atoms with E-state index in [0.29, 0.717) is 29.3 Å². The molecule has 1 aliphatic carbocycles. The van der Waals surface area contributed by atoms with E-state index in [9.17, 15) is 18.0 Å². The van der Waals surface area contributed by atoms with Crippen LogP contribution >= 0.6 is 0 Å². The monoisotopic (exact) mass is 557 g/mol. The lowest BCUT2D eigenvalue weighted by atomic mass is 9.77. The van der Waals surface area contributed by atoms with Gasteiger partial charge in [-0.05, 0) is 68.2 Å². The number of amides is 1. The maximum atomic E-state index is 12.9. The Labute approximate surface area is 231 Å². The molecule has 2 fully saturated rings. The number of halogens is 3. The Bertz CT molecular complexity index is 1280. The minimum Gasteiger partial charge on any atom is -0.453 e. The van der Waals surface area contributed by atoms with E-state index >= 15 is 0 Å². The van der Waals surface area contributed by atoms with Crippen molar-refractivity contribution < 1.29 is 27.1 Å². The van der Waals surface area contributed by atoms with Crippen LogP contribution in [0.3, 0.4) is 0 Å². The second kappa shape index (κ2) is 12.2. The predicted octanol–water partition coefficient (Wildman–Crippen LogP) is 7.21. The summed E-state index contributed by atoms with van der Waals surface area (Å²) in [5.74, 6) is 1.50. The van der Waals surface area contributed by atoms with Gasteiger partial charge in [0.05, 0.1) is 25.2 Å². The molecule has 8 nitrogen and oxygen atoms in total. The number of piperidine rings is 1. The van der Waals surface area contributed by atoms with Crippen LogP contribution in [0.4, 0.5) is 35.4 Å². The first-order valence-corrected chi connectivity index (χ1v) is 13.7. The zero-order valence-corrected chi connectivity index (χ0v) is 22.4. The summed E-state index contributed by atoms with van der Waals surface area (Å²) in [6, 6.07) is 10.6. The molecule has 2 N–H and O–H groups in total. The molecule has 5 rings (SSSR count). The largest absolute Gasteiger partial charge is 0.453 e. The average molecular weight is 558 g/mol. The second-order valence-electron chi connectivity index (χ2n) is 10.6. The molecule has 1 amide bonds. The van der Waals surface area contributed by atoms with Crippen LogP contribution in [0.25, 0.3) is 11.3 Å². The fourth-order valence-electron chi connectivity index (χ4n) is 5.89. The van der Waals surface area contributed by atoms with Crippen LogP contribution in [0.15, 0.2) is 53.2 Å². The van der Waals surface area contributed by atoms with E-state index in [1.54, 1.807) is 18.3 Å². The third-order valence-corrected chi connectivity index (χ3v) is 7.86. The molecule has 3 atom stereocenters. The summed E-state index contributed by atoms with van der Waals surface area (Å²) in [4.78, 5) is 21.8. The summed E-state index contributed by atoms with van der Waals surface area (Å²) in [6.07, 6.45) is 5.65. The van der Waals surface area contributed by atoms with Crippen LogP contribution in [0.5, 0.6) is 0 Å². The van der Waals surface area contributed by atoms with Crippen molar-refractivity contribution in [3.05, 3.63) is 54.5 Å². The molecule has 1 aromatic carbocycles. The van der Waals surface area contributed by atoms with Gasteiger partial charge in [-0.2, -0.15) is 13.2 Å². The third-order valence-electron chi connectivity index (χ3n) is 7.86. The lowest BCUT2D eigenvalue weighted by Gasteiger charge is -2.39. The maximum Gasteiger partial charge on any atom is 0.433 e. The van der Waals surface area contributed by atoms with Gasteiger partial charge >= 0.3 is 12.3 Å². The topological polar surface area (TPSA) is 92.5 Å². The number of carbonyl (C=O) groups excluding carboxylic acids is 1. The first-order valence-electron chi connectivity index (χ1n) is 13.7. The van der Waals surface area contributed by atoms with Crippen molar-refractivity contribution in [2.45, 2.75) is 57.2 Å². The fourth-order valence-corrected chi connectivity index (χ4v) is 5.89. The first-order chi connectivity index (χ1) is 19.3. The minimum absolute atomic E-state index is 0.232. The standard InChI is InChI=1S/C29H34F3N5O3/c1-39-28(38)35-22-9-4-8-21(15-22)25-17-34-27(40-25)36-24-10-3-2-7-20(24)14-19-6-5-13-37(18-19)23-11-12-26(33-16-23)29(30,31)32/h4,8-9,11-12,15-17,19-20,24H,2-3,5-7,10,13-14,18H2,1H3,(H,34,36)(H,35,38)/t19-,20+,24-/m1/s1. The van der Waals surface area contributed by atoms with E-state index in [1.165, 1.54) is 25.8 Å². The van der Waals surface area contributed by atoms with Gasteiger partial charge in [0.15, 0.2) is 5.76 Å². The number of hydrogen-bond donors (Lipinski definition) is 2. The molecule has 3 heterocycles. The molecule has 3 aromatic rings. The van der Waals surface area contributed by atoms with E-state index in [4.69, 9.17) is 4.42 Å². The van der Waals surface area contributed by atoms with Gasteiger partial charge in [0.25, 0.3) is 6.01 Å². The van der Waals surface area contributed by atoms with Gasteiger partial charge in [-0.15, -0.1) is 0 Å². The number of nitrogens with one attached hydrogen (secondary N) is 2. The van der Waals surface area contributed by atoms with Crippen molar-refractivity contribution in [3.8, 4) is 11.3 Å². The number of carbonyl (C=O) groups is 1. The van der Waals surface area contributed by atoms with Crippen molar-refractivity contribution >= 4 is 23.5 Å². The van der Waals surface area contributed by atoms with Crippen LogP contribution in [-0.2, 0) is 10.9 Å². The minimum atomic E-state index is -4.43. The molecular weight excluding hydrogens is 523 g/mol. The van der Waals surface area contributed by atoms with E-state index in [2.05, 4.69) is 30.2 Å². The summed E-state index contributed by atoms with van der Waals surface area (Å²) in [6.45, 7) is 1.64. The molecular formula is C29H34F3N5O3. The van der Waals surface area contributed by atoms with Crippen molar-refractivity contribution in [2.75, 3.05) is 35.7 Å². The Balaban J connectivity index is 1.20. The van der Waals surface area contributed by atoms with E-state index in [0.717, 1.165) is 68.9 Å². The van der Waals surface area contributed by atoms with Crippen LogP contribution in [0, 0.1) is 11.8 Å². The summed E-state index contributed by atoms with van der Waals surface area (Å²) >= 11 is 0. The molecule has 1 saturated carbocycles.